The Morgan fingerprint density at radius 1 is 1.30 bits per heavy atom. The van der Waals surface area contributed by atoms with Crippen LogP contribution in [0.2, 0.25) is 6.55 Å². The minimum absolute atomic E-state index is 0.473. The molecule has 4 heteroatoms. The summed E-state index contributed by atoms with van der Waals surface area (Å²) in [4.78, 5) is 0. The van der Waals surface area contributed by atoms with Crippen LogP contribution in [0.1, 0.15) is 13.3 Å². The van der Waals surface area contributed by atoms with E-state index in [-0.39, 0.29) is 0 Å². The normalized spacial score (nSPS) is 13.2. The summed E-state index contributed by atoms with van der Waals surface area (Å²) in [7, 11) is 2.72. The summed E-state index contributed by atoms with van der Waals surface area (Å²) in [6, 6.07) is 0. The third kappa shape index (κ3) is 2.38. The molecule has 10 heavy (non-hydrogen) atoms. The molecule has 0 N–H and O–H groups in total. The summed E-state index contributed by atoms with van der Waals surface area (Å²) < 4.78 is 15.5. The molecule has 62 valence electrons. The number of ether oxygens (including phenoxy) is 2. The fourth-order valence-electron chi connectivity index (χ4n) is 0.812. The van der Waals surface area contributed by atoms with Crippen molar-refractivity contribution in [1.29, 1.82) is 0 Å². The molecule has 0 unspecified atom stereocenters. The number of rotatable bonds is 5. The Kier molecular flexibility index (Phi) is 4.89. The maximum Gasteiger partial charge on any atom is 0.272 e. The maximum atomic E-state index is 5.37. The van der Waals surface area contributed by atoms with Crippen molar-refractivity contribution in [3.8, 4) is 0 Å². The second kappa shape index (κ2) is 4.84. The van der Waals surface area contributed by atoms with Crippen molar-refractivity contribution >= 4 is 9.76 Å². The van der Waals surface area contributed by atoms with Crippen molar-refractivity contribution in [1.82, 2.24) is 0 Å². The molecule has 0 spiro atoms. The smallest absolute Gasteiger partial charge is 0.272 e. The molecular weight excluding hydrogens is 148 g/mol. The zero-order chi connectivity index (χ0) is 8.04. The van der Waals surface area contributed by atoms with E-state index in [2.05, 4.69) is 0 Å². The van der Waals surface area contributed by atoms with Gasteiger partial charge in [0.05, 0.1) is 0 Å². The third-order valence-corrected chi connectivity index (χ3v) is 2.15. The maximum absolute atomic E-state index is 5.37. The second-order valence-electron chi connectivity index (χ2n) is 1.88. The first kappa shape index (κ1) is 10.1. The molecule has 0 fully saturated rings. The standard InChI is InChI=1S/C6H16O3Si/c1-5-6(7-2,8-3)9-10-4/h5,10H2,1-4H3. The van der Waals surface area contributed by atoms with Crippen LogP contribution in [0.3, 0.4) is 0 Å². The Morgan fingerprint density at radius 3 is 1.90 bits per heavy atom. The van der Waals surface area contributed by atoms with E-state index in [0.717, 1.165) is 6.42 Å². The summed E-state index contributed by atoms with van der Waals surface area (Å²) in [5.74, 6) is -0.763. The average Bonchev–Trinajstić information content (AvgIpc) is 2.01. The minimum Gasteiger partial charge on any atom is -0.376 e. The van der Waals surface area contributed by atoms with Crippen molar-refractivity contribution in [2.45, 2.75) is 25.9 Å². The van der Waals surface area contributed by atoms with Gasteiger partial charge in [-0.25, -0.2) is 0 Å². The Labute approximate surface area is 64.6 Å². The highest BCUT2D eigenvalue weighted by molar-refractivity contribution is 6.24. The van der Waals surface area contributed by atoms with Gasteiger partial charge in [0.15, 0.2) is 9.76 Å². The molecule has 0 aromatic heterocycles. The lowest BCUT2D eigenvalue weighted by atomic mass is 10.4. The Bertz CT molecular complexity index is 74.8. The largest absolute Gasteiger partial charge is 0.376 e. The molecular formula is C6H16O3Si. The number of hydrogen-bond donors (Lipinski definition) is 0. The molecule has 0 aromatic rings. The van der Waals surface area contributed by atoms with Gasteiger partial charge in [0.1, 0.15) is 0 Å². The Morgan fingerprint density at radius 2 is 1.80 bits per heavy atom. The molecule has 0 aliphatic rings. The molecule has 0 amide bonds. The van der Waals surface area contributed by atoms with Gasteiger partial charge in [0, 0.05) is 20.6 Å². The zero-order valence-corrected chi connectivity index (χ0v) is 8.55. The molecule has 0 aliphatic carbocycles. The summed E-state index contributed by atoms with van der Waals surface area (Å²) in [5.41, 5.74) is 0. The van der Waals surface area contributed by atoms with E-state index in [9.17, 15) is 0 Å². The molecule has 0 saturated heterocycles. The summed E-state index contributed by atoms with van der Waals surface area (Å²) in [6.45, 7) is 4.01. The van der Waals surface area contributed by atoms with Gasteiger partial charge >= 0.3 is 0 Å². The van der Waals surface area contributed by atoms with Crippen LogP contribution in [-0.4, -0.2) is 30.0 Å². The van der Waals surface area contributed by atoms with Crippen LogP contribution in [-0.2, 0) is 13.9 Å². The third-order valence-electron chi connectivity index (χ3n) is 1.42. The van der Waals surface area contributed by atoms with E-state index in [0.29, 0.717) is 0 Å². The molecule has 0 rings (SSSR count). The highest BCUT2D eigenvalue weighted by Crippen LogP contribution is 2.16. The van der Waals surface area contributed by atoms with Crippen LogP contribution in [0.4, 0.5) is 0 Å². The number of methoxy groups -OCH3 is 2. The predicted molar refractivity (Wildman–Crippen MR) is 42.5 cm³/mol. The SMILES string of the molecule is CCC(OC)(OC)O[SiH2]C. The monoisotopic (exact) mass is 164 g/mol. The van der Waals surface area contributed by atoms with Crippen LogP contribution < -0.4 is 0 Å². The van der Waals surface area contributed by atoms with Crippen LogP contribution in [0, 0.1) is 0 Å². The molecule has 0 atom stereocenters. The van der Waals surface area contributed by atoms with Crippen molar-refractivity contribution in [2.24, 2.45) is 0 Å². The Balaban J connectivity index is 3.87. The van der Waals surface area contributed by atoms with Crippen molar-refractivity contribution in [3.05, 3.63) is 0 Å². The molecule has 0 aliphatic heterocycles. The van der Waals surface area contributed by atoms with Gasteiger partial charge in [0.2, 0.25) is 0 Å². The van der Waals surface area contributed by atoms with E-state index in [1.165, 1.54) is 0 Å². The van der Waals surface area contributed by atoms with E-state index in [1.807, 2.05) is 13.5 Å². The first-order valence-electron chi connectivity index (χ1n) is 3.49. The minimum atomic E-state index is -0.763. The lowest BCUT2D eigenvalue weighted by Gasteiger charge is -2.28. The Hall–Kier alpha value is 0.0969. The van der Waals surface area contributed by atoms with Gasteiger partial charge in [-0.05, 0) is 0 Å². The summed E-state index contributed by atoms with van der Waals surface area (Å²) >= 11 is 0. The van der Waals surface area contributed by atoms with Crippen molar-refractivity contribution in [3.63, 3.8) is 0 Å². The first-order chi connectivity index (χ1) is 4.74. The van der Waals surface area contributed by atoms with E-state index in [4.69, 9.17) is 13.9 Å². The number of hydrogen-bond acceptors (Lipinski definition) is 3. The molecule has 0 saturated carbocycles. The van der Waals surface area contributed by atoms with Crippen molar-refractivity contribution in [2.75, 3.05) is 14.2 Å². The predicted octanol–water partition coefficient (Wildman–Crippen LogP) is 0.491. The highest BCUT2D eigenvalue weighted by Gasteiger charge is 2.26. The van der Waals surface area contributed by atoms with Gasteiger partial charge < -0.3 is 13.9 Å². The van der Waals surface area contributed by atoms with Crippen molar-refractivity contribution < 1.29 is 13.9 Å². The van der Waals surface area contributed by atoms with Crippen LogP contribution in [0.25, 0.3) is 0 Å². The zero-order valence-electron chi connectivity index (χ0n) is 7.14. The molecule has 0 bridgehead atoms. The fraction of sp³-hybridized carbons (Fsp3) is 1.00. The second-order valence-corrected chi connectivity index (χ2v) is 2.74. The van der Waals surface area contributed by atoms with Crippen LogP contribution in [0.5, 0.6) is 0 Å². The molecule has 0 radical (unpaired) electrons. The lowest BCUT2D eigenvalue weighted by molar-refractivity contribution is -0.324. The molecule has 3 nitrogen and oxygen atoms in total. The fourth-order valence-corrected chi connectivity index (χ4v) is 1.69. The van der Waals surface area contributed by atoms with Gasteiger partial charge in [-0.1, -0.05) is 13.5 Å². The molecule has 0 heterocycles. The van der Waals surface area contributed by atoms with Gasteiger partial charge in [-0.15, -0.1) is 0 Å². The van der Waals surface area contributed by atoms with E-state index >= 15 is 0 Å². The molecule has 0 aromatic carbocycles. The van der Waals surface area contributed by atoms with Gasteiger partial charge in [-0.2, -0.15) is 0 Å². The first-order valence-corrected chi connectivity index (χ1v) is 5.48. The van der Waals surface area contributed by atoms with E-state index < -0.39 is 15.7 Å². The average molecular weight is 164 g/mol. The van der Waals surface area contributed by atoms with E-state index in [1.54, 1.807) is 14.2 Å². The lowest BCUT2D eigenvalue weighted by Crippen LogP contribution is -2.36. The van der Waals surface area contributed by atoms with Gasteiger partial charge in [-0.3, -0.25) is 0 Å². The van der Waals surface area contributed by atoms with Gasteiger partial charge in [0.25, 0.3) is 5.97 Å². The van der Waals surface area contributed by atoms with Crippen LogP contribution >= 0.6 is 0 Å². The quantitative estimate of drug-likeness (QED) is 0.437. The topological polar surface area (TPSA) is 27.7 Å². The highest BCUT2D eigenvalue weighted by atomic mass is 28.2. The summed E-state index contributed by atoms with van der Waals surface area (Å²) in [5, 5.41) is 0. The summed E-state index contributed by atoms with van der Waals surface area (Å²) in [6.07, 6.45) is 0.723. The van der Waals surface area contributed by atoms with Crippen LogP contribution in [0.15, 0.2) is 0 Å².